The van der Waals surface area contributed by atoms with E-state index in [1.807, 2.05) is 0 Å². The Labute approximate surface area is 134 Å². The van der Waals surface area contributed by atoms with E-state index in [9.17, 15) is 8.78 Å². The summed E-state index contributed by atoms with van der Waals surface area (Å²) < 4.78 is 26.3. The summed E-state index contributed by atoms with van der Waals surface area (Å²) >= 11 is 0. The van der Waals surface area contributed by atoms with E-state index in [-0.39, 0.29) is 23.3 Å². The molecule has 0 radical (unpaired) electrons. The van der Waals surface area contributed by atoms with Crippen molar-refractivity contribution in [1.82, 2.24) is 19.6 Å². The van der Waals surface area contributed by atoms with Crippen molar-refractivity contribution < 1.29 is 8.78 Å². The van der Waals surface area contributed by atoms with E-state index in [0.717, 1.165) is 0 Å². The fourth-order valence-corrected chi connectivity index (χ4v) is 2.27. The zero-order chi connectivity index (χ0) is 17.3. The average molecular weight is 333 g/mol. The molecule has 0 aliphatic rings. The molecule has 0 aliphatic carbocycles. The second kappa shape index (κ2) is 6.02. The molecular weight excluding hydrogens is 320 g/mol. The lowest BCUT2D eigenvalue weighted by molar-refractivity contribution is 0.163. The van der Waals surface area contributed by atoms with Crippen LogP contribution < -0.4 is 16.8 Å². The van der Waals surface area contributed by atoms with E-state index in [2.05, 4.69) is 25.5 Å². The van der Waals surface area contributed by atoms with E-state index >= 15 is 0 Å². The number of nitrogens with one attached hydrogen (secondary N) is 2. The highest BCUT2D eigenvalue weighted by atomic mass is 19.3. The third-order valence-electron chi connectivity index (χ3n) is 3.25. The molecule has 11 heteroatoms. The van der Waals surface area contributed by atoms with Crippen molar-refractivity contribution in [2.75, 3.05) is 23.3 Å². The Balaban J connectivity index is 2.10. The van der Waals surface area contributed by atoms with Crippen molar-refractivity contribution >= 4 is 28.8 Å². The molecule has 6 N–H and O–H groups in total. The summed E-state index contributed by atoms with van der Waals surface area (Å²) in [4.78, 5) is 8.17. The molecule has 0 aliphatic heterocycles. The first-order valence-corrected chi connectivity index (χ1v) is 6.81. The topological polar surface area (TPSA) is 143 Å². The number of nitrogens with two attached hydrogens (primary N) is 2. The molecule has 0 saturated carbocycles. The Hall–Kier alpha value is -3.37. The van der Waals surface area contributed by atoms with Gasteiger partial charge in [-0.25, -0.2) is 23.8 Å². The summed E-state index contributed by atoms with van der Waals surface area (Å²) in [6, 6.07) is 4.81. The van der Waals surface area contributed by atoms with E-state index < -0.39 is 13.0 Å². The molecule has 24 heavy (non-hydrogen) atoms. The molecule has 3 aromatic rings. The highest BCUT2D eigenvalue weighted by Gasteiger charge is 2.15. The van der Waals surface area contributed by atoms with Crippen LogP contribution in [0.5, 0.6) is 0 Å². The molecule has 124 valence electrons. The van der Waals surface area contributed by atoms with Crippen molar-refractivity contribution in [3.8, 4) is 11.3 Å². The molecule has 3 rings (SSSR count). The van der Waals surface area contributed by atoms with Crippen LogP contribution in [0, 0.1) is 5.53 Å². The van der Waals surface area contributed by atoms with Crippen LogP contribution in [-0.2, 0) is 0 Å². The monoisotopic (exact) mass is 333 g/mol. The second-order valence-corrected chi connectivity index (χ2v) is 4.83. The number of hydrogen-bond acceptors (Lipinski definition) is 8. The standard InChI is InChI=1S/C13H13F2N9/c14-9(15)5-19-12-8(22-18)2-1-7(20-12)6-3-4-24-10(6)11(16)21-13(17)23-24/h1-4,9,18H,5H2,(H,19,20)(H4,16,17,21,23). The van der Waals surface area contributed by atoms with Gasteiger partial charge in [0.1, 0.15) is 11.2 Å². The van der Waals surface area contributed by atoms with Gasteiger partial charge in [-0.15, -0.1) is 5.10 Å². The highest BCUT2D eigenvalue weighted by Crippen LogP contribution is 2.31. The predicted octanol–water partition coefficient (Wildman–Crippen LogP) is 2.30. The summed E-state index contributed by atoms with van der Waals surface area (Å²) in [5.41, 5.74) is 20.2. The van der Waals surface area contributed by atoms with E-state index in [1.54, 1.807) is 18.3 Å². The van der Waals surface area contributed by atoms with E-state index in [0.29, 0.717) is 16.8 Å². The number of nitrogen functional groups attached to an aromatic ring is 2. The fraction of sp³-hybridized carbons (Fsp3) is 0.154. The van der Waals surface area contributed by atoms with Crippen LogP contribution in [0.25, 0.3) is 16.8 Å². The zero-order valence-electron chi connectivity index (χ0n) is 12.2. The number of nitrogens with zero attached hydrogens (tertiary/aromatic N) is 5. The summed E-state index contributed by atoms with van der Waals surface area (Å²) in [6.45, 7) is -0.600. The van der Waals surface area contributed by atoms with E-state index in [4.69, 9.17) is 17.0 Å². The van der Waals surface area contributed by atoms with Gasteiger partial charge in [0.2, 0.25) is 5.95 Å². The molecule has 0 spiro atoms. The molecule has 0 amide bonds. The van der Waals surface area contributed by atoms with Crippen molar-refractivity contribution in [2.24, 2.45) is 5.11 Å². The lowest BCUT2D eigenvalue weighted by Gasteiger charge is -2.09. The van der Waals surface area contributed by atoms with Gasteiger partial charge in [-0.2, -0.15) is 10.1 Å². The number of fused-ring (bicyclic) bond motifs is 1. The van der Waals surface area contributed by atoms with Crippen molar-refractivity contribution in [3.63, 3.8) is 0 Å². The van der Waals surface area contributed by atoms with Crippen LogP contribution in [0.1, 0.15) is 0 Å². The van der Waals surface area contributed by atoms with Gasteiger partial charge in [0.15, 0.2) is 11.6 Å². The minimum atomic E-state index is -2.56. The molecule has 0 unspecified atom stereocenters. The third kappa shape index (κ3) is 2.78. The van der Waals surface area contributed by atoms with Gasteiger partial charge in [-0.1, -0.05) is 0 Å². The van der Waals surface area contributed by atoms with Crippen LogP contribution in [0.4, 0.5) is 32.1 Å². The Bertz CT molecular complexity index is 906. The molecule has 9 nitrogen and oxygen atoms in total. The van der Waals surface area contributed by atoms with Crippen LogP contribution in [0.3, 0.4) is 0 Å². The number of anilines is 3. The van der Waals surface area contributed by atoms with Gasteiger partial charge in [-0.3, -0.25) is 0 Å². The number of alkyl halides is 2. The maximum Gasteiger partial charge on any atom is 0.255 e. The summed E-state index contributed by atoms with van der Waals surface area (Å²) in [5.74, 6) is 0.274. The van der Waals surface area contributed by atoms with Crippen LogP contribution in [0.2, 0.25) is 0 Å². The van der Waals surface area contributed by atoms with Gasteiger partial charge in [-0.05, 0) is 18.2 Å². The van der Waals surface area contributed by atoms with Gasteiger partial charge in [0.05, 0.1) is 12.2 Å². The molecule has 3 heterocycles. The molecule has 0 atom stereocenters. The maximum absolute atomic E-state index is 12.4. The summed E-state index contributed by atoms with van der Waals surface area (Å²) in [6.07, 6.45) is -0.924. The Morgan fingerprint density at radius 2 is 2.04 bits per heavy atom. The SMILES string of the molecule is N=Nc1ccc(-c2ccn3nc(N)nc(N)c23)nc1NCC(F)F. The number of aromatic nitrogens is 4. The molecule has 3 aromatic heterocycles. The third-order valence-corrected chi connectivity index (χ3v) is 3.25. The smallest absolute Gasteiger partial charge is 0.255 e. The van der Waals surface area contributed by atoms with E-state index in [1.165, 1.54) is 10.6 Å². The number of pyridine rings is 1. The highest BCUT2D eigenvalue weighted by molar-refractivity contribution is 5.87. The Morgan fingerprint density at radius 1 is 1.25 bits per heavy atom. The van der Waals surface area contributed by atoms with Crippen molar-refractivity contribution in [1.29, 1.82) is 5.53 Å². The molecule has 0 fully saturated rings. The Kier molecular flexibility index (Phi) is 3.90. The van der Waals surface area contributed by atoms with Crippen LogP contribution in [-0.4, -0.2) is 32.6 Å². The minimum absolute atomic E-state index is 0.0257. The average Bonchev–Trinajstić information content (AvgIpc) is 2.96. The van der Waals surface area contributed by atoms with Crippen molar-refractivity contribution in [2.45, 2.75) is 6.43 Å². The van der Waals surface area contributed by atoms with Gasteiger partial charge < -0.3 is 16.8 Å². The zero-order valence-corrected chi connectivity index (χ0v) is 12.2. The first-order chi connectivity index (χ1) is 11.5. The molecular formula is C13H13F2N9. The Morgan fingerprint density at radius 3 is 2.75 bits per heavy atom. The summed E-state index contributed by atoms with van der Waals surface area (Å²) in [5, 5.41) is 9.76. The number of halogens is 2. The molecule has 0 bridgehead atoms. The normalized spacial score (nSPS) is 11.1. The molecule has 0 aromatic carbocycles. The largest absolute Gasteiger partial charge is 0.382 e. The lowest BCUT2D eigenvalue weighted by atomic mass is 10.1. The van der Waals surface area contributed by atoms with Crippen molar-refractivity contribution in [3.05, 3.63) is 24.4 Å². The van der Waals surface area contributed by atoms with Crippen LogP contribution in [0.15, 0.2) is 29.5 Å². The van der Waals surface area contributed by atoms with Gasteiger partial charge in [0, 0.05) is 11.8 Å². The van der Waals surface area contributed by atoms with Crippen LogP contribution >= 0.6 is 0 Å². The van der Waals surface area contributed by atoms with Gasteiger partial charge >= 0.3 is 0 Å². The minimum Gasteiger partial charge on any atom is -0.382 e. The molecule has 0 saturated heterocycles. The maximum atomic E-state index is 12.4. The summed E-state index contributed by atoms with van der Waals surface area (Å²) in [7, 11) is 0. The number of hydrogen-bond donors (Lipinski definition) is 4. The lowest BCUT2D eigenvalue weighted by Crippen LogP contribution is -2.11. The fourth-order valence-electron chi connectivity index (χ4n) is 2.27. The number of rotatable bonds is 5. The first kappa shape index (κ1) is 15.5. The predicted molar refractivity (Wildman–Crippen MR) is 84.3 cm³/mol. The first-order valence-electron chi connectivity index (χ1n) is 6.81. The van der Waals surface area contributed by atoms with Gasteiger partial charge in [0.25, 0.3) is 6.43 Å². The second-order valence-electron chi connectivity index (χ2n) is 4.83. The quantitative estimate of drug-likeness (QED) is 0.527.